The lowest BCUT2D eigenvalue weighted by atomic mass is 9.84. The Morgan fingerprint density at radius 3 is 2.63 bits per heavy atom. The van der Waals surface area contributed by atoms with Gasteiger partial charge in [0.15, 0.2) is 0 Å². The second-order valence-electron chi connectivity index (χ2n) is 4.65. The van der Waals surface area contributed by atoms with E-state index in [1.54, 1.807) is 11.0 Å². The number of nitrogens with zero attached hydrogens (tertiary/aromatic N) is 1. The van der Waals surface area contributed by atoms with Gasteiger partial charge < -0.3 is 10.0 Å². The zero-order chi connectivity index (χ0) is 14.2. The van der Waals surface area contributed by atoms with E-state index in [0.29, 0.717) is 24.9 Å². The van der Waals surface area contributed by atoms with E-state index in [9.17, 15) is 14.7 Å². The second kappa shape index (κ2) is 5.54. The van der Waals surface area contributed by atoms with Crippen LogP contribution >= 0.6 is 43.2 Å². The Hall–Kier alpha value is -0.400. The van der Waals surface area contributed by atoms with Crippen LogP contribution in [0, 0.1) is 5.41 Å². The monoisotopic (exact) mass is 409 g/mol. The lowest BCUT2D eigenvalue weighted by Gasteiger charge is -2.23. The molecule has 0 aromatic carbocycles. The molecular weight excluding hydrogens is 398 g/mol. The molecule has 1 aliphatic heterocycles. The molecule has 7 heteroatoms. The third-order valence-electron chi connectivity index (χ3n) is 3.66. The summed E-state index contributed by atoms with van der Waals surface area (Å²) in [6.45, 7) is 2.65. The Kier molecular flexibility index (Phi) is 4.37. The summed E-state index contributed by atoms with van der Waals surface area (Å²) in [7, 11) is 0. The van der Waals surface area contributed by atoms with Gasteiger partial charge in [0.05, 0.1) is 18.6 Å². The van der Waals surface area contributed by atoms with Crippen molar-refractivity contribution in [1.82, 2.24) is 4.90 Å². The number of hydrogen-bond acceptors (Lipinski definition) is 3. The number of likely N-dealkylation sites (tertiary alicyclic amines) is 1. The molecule has 1 atom stereocenters. The summed E-state index contributed by atoms with van der Waals surface area (Å²) in [4.78, 5) is 25.4. The average molecular weight is 411 g/mol. The first-order valence-corrected chi connectivity index (χ1v) is 8.27. The highest BCUT2D eigenvalue weighted by Crippen LogP contribution is 2.37. The first kappa shape index (κ1) is 15.0. The van der Waals surface area contributed by atoms with Crippen molar-refractivity contribution in [3.05, 3.63) is 19.2 Å². The summed E-state index contributed by atoms with van der Waals surface area (Å²) in [5, 5.41) is 9.34. The minimum atomic E-state index is -0.809. The Bertz CT molecular complexity index is 531. The van der Waals surface area contributed by atoms with E-state index < -0.39 is 11.4 Å². The Morgan fingerprint density at radius 1 is 1.53 bits per heavy atom. The van der Waals surface area contributed by atoms with Crippen LogP contribution in [0.5, 0.6) is 0 Å². The number of rotatable bonds is 3. The maximum absolute atomic E-state index is 12.4. The maximum Gasteiger partial charge on any atom is 0.311 e. The van der Waals surface area contributed by atoms with Crippen LogP contribution < -0.4 is 0 Å². The first-order chi connectivity index (χ1) is 8.89. The largest absolute Gasteiger partial charge is 0.481 e. The number of carboxylic acid groups (broad SMARTS) is 1. The normalized spacial score (nSPS) is 22.8. The average Bonchev–Trinajstić information content (AvgIpc) is 2.93. The fraction of sp³-hybridized carbons (Fsp3) is 0.500. The standard InChI is InChI=1S/C12H13Br2NO3S/c1-2-12(11(17)18)3-4-15(6-12)10(16)7-5-8(13)19-9(7)14/h5H,2-4,6H2,1H3,(H,17,18). The Labute approximate surface area is 132 Å². The number of carbonyl (C=O) groups excluding carboxylic acids is 1. The Balaban J connectivity index is 2.19. The van der Waals surface area contributed by atoms with Crippen molar-refractivity contribution < 1.29 is 14.7 Å². The lowest BCUT2D eigenvalue weighted by molar-refractivity contribution is -0.148. The molecule has 1 saturated heterocycles. The molecular formula is C12H13Br2NO3S. The zero-order valence-electron chi connectivity index (χ0n) is 10.3. The van der Waals surface area contributed by atoms with Crippen LogP contribution in [0.1, 0.15) is 30.1 Å². The third kappa shape index (κ3) is 2.73. The van der Waals surface area contributed by atoms with Gasteiger partial charge in [-0.05, 0) is 50.8 Å². The molecule has 1 unspecified atom stereocenters. The van der Waals surface area contributed by atoms with Crippen LogP contribution in [0.3, 0.4) is 0 Å². The van der Waals surface area contributed by atoms with E-state index in [0.717, 1.165) is 7.57 Å². The van der Waals surface area contributed by atoms with Gasteiger partial charge in [0, 0.05) is 13.1 Å². The second-order valence-corrected chi connectivity index (χ2v) is 8.40. The molecule has 19 heavy (non-hydrogen) atoms. The molecule has 0 aliphatic carbocycles. The van der Waals surface area contributed by atoms with Crippen molar-refractivity contribution in [3.8, 4) is 0 Å². The molecule has 1 N–H and O–H groups in total. The number of amides is 1. The van der Waals surface area contributed by atoms with Gasteiger partial charge in [-0.2, -0.15) is 0 Å². The van der Waals surface area contributed by atoms with Gasteiger partial charge in [0.25, 0.3) is 5.91 Å². The highest BCUT2D eigenvalue weighted by atomic mass is 79.9. The number of aliphatic carboxylic acids is 1. The molecule has 0 radical (unpaired) electrons. The quantitative estimate of drug-likeness (QED) is 0.828. The molecule has 1 fully saturated rings. The van der Waals surface area contributed by atoms with Gasteiger partial charge in [-0.15, -0.1) is 11.3 Å². The molecule has 2 rings (SSSR count). The summed E-state index contributed by atoms with van der Waals surface area (Å²) in [5.41, 5.74) is -0.191. The Morgan fingerprint density at radius 2 is 2.21 bits per heavy atom. The minimum Gasteiger partial charge on any atom is -0.481 e. The fourth-order valence-corrected chi connectivity index (χ4v) is 5.09. The molecule has 1 aliphatic rings. The van der Waals surface area contributed by atoms with E-state index >= 15 is 0 Å². The number of carbonyl (C=O) groups is 2. The third-order valence-corrected chi connectivity index (χ3v) is 6.00. The van der Waals surface area contributed by atoms with Crippen LogP contribution in [-0.2, 0) is 4.79 Å². The molecule has 0 spiro atoms. The fourth-order valence-electron chi connectivity index (χ4n) is 2.32. The van der Waals surface area contributed by atoms with Crippen molar-refractivity contribution in [3.63, 3.8) is 0 Å². The van der Waals surface area contributed by atoms with Gasteiger partial charge >= 0.3 is 5.97 Å². The summed E-state index contributed by atoms with van der Waals surface area (Å²) in [6.07, 6.45) is 1.06. The van der Waals surface area contributed by atoms with Crippen molar-refractivity contribution in [1.29, 1.82) is 0 Å². The van der Waals surface area contributed by atoms with Crippen LogP contribution in [0.2, 0.25) is 0 Å². The molecule has 1 amide bonds. The van der Waals surface area contributed by atoms with Gasteiger partial charge in [0.2, 0.25) is 0 Å². The summed E-state index contributed by atoms with van der Waals surface area (Å²) in [6, 6.07) is 1.77. The molecule has 0 bridgehead atoms. The number of halogens is 2. The highest BCUT2D eigenvalue weighted by Gasteiger charge is 2.45. The summed E-state index contributed by atoms with van der Waals surface area (Å²) in [5.74, 6) is -0.915. The van der Waals surface area contributed by atoms with Crippen molar-refractivity contribution in [2.45, 2.75) is 19.8 Å². The van der Waals surface area contributed by atoms with Crippen LogP contribution in [-0.4, -0.2) is 35.0 Å². The topological polar surface area (TPSA) is 57.6 Å². The first-order valence-electron chi connectivity index (χ1n) is 5.87. The molecule has 104 valence electrons. The van der Waals surface area contributed by atoms with Gasteiger partial charge in [-0.25, -0.2) is 0 Å². The van der Waals surface area contributed by atoms with Crippen LogP contribution in [0.4, 0.5) is 0 Å². The molecule has 1 aromatic rings. The SMILES string of the molecule is CCC1(C(=O)O)CCN(C(=O)c2cc(Br)sc2Br)C1. The van der Waals surface area contributed by atoms with Gasteiger partial charge in [-0.1, -0.05) is 6.92 Å². The highest BCUT2D eigenvalue weighted by molar-refractivity contribution is 9.12. The maximum atomic E-state index is 12.4. The minimum absolute atomic E-state index is 0.106. The number of hydrogen-bond donors (Lipinski definition) is 1. The van der Waals surface area contributed by atoms with Gasteiger partial charge in [-0.3, -0.25) is 9.59 Å². The summed E-state index contributed by atoms with van der Waals surface area (Å²) < 4.78 is 1.65. The zero-order valence-corrected chi connectivity index (χ0v) is 14.3. The predicted molar refractivity (Wildman–Crippen MR) is 80.6 cm³/mol. The number of thiophene rings is 1. The van der Waals surface area contributed by atoms with E-state index in [-0.39, 0.29) is 12.5 Å². The summed E-state index contributed by atoms with van der Waals surface area (Å²) >= 11 is 8.14. The van der Waals surface area contributed by atoms with Gasteiger partial charge in [0.1, 0.15) is 0 Å². The predicted octanol–water partition coefficient (Wildman–Crippen LogP) is 3.60. The van der Waals surface area contributed by atoms with Crippen LogP contribution in [0.15, 0.2) is 13.6 Å². The van der Waals surface area contributed by atoms with Crippen molar-refractivity contribution in [2.75, 3.05) is 13.1 Å². The van der Waals surface area contributed by atoms with E-state index in [4.69, 9.17) is 0 Å². The van der Waals surface area contributed by atoms with E-state index in [1.807, 2.05) is 6.92 Å². The molecule has 1 aromatic heterocycles. The van der Waals surface area contributed by atoms with E-state index in [1.165, 1.54) is 11.3 Å². The molecule has 0 saturated carbocycles. The number of carboxylic acids is 1. The lowest BCUT2D eigenvalue weighted by Crippen LogP contribution is -2.36. The van der Waals surface area contributed by atoms with E-state index in [2.05, 4.69) is 31.9 Å². The van der Waals surface area contributed by atoms with Crippen molar-refractivity contribution >= 4 is 55.1 Å². The molecule has 4 nitrogen and oxygen atoms in total. The van der Waals surface area contributed by atoms with Crippen molar-refractivity contribution in [2.24, 2.45) is 5.41 Å². The smallest absolute Gasteiger partial charge is 0.311 e. The molecule has 2 heterocycles. The van der Waals surface area contributed by atoms with Crippen LogP contribution in [0.25, 0.3) is 0 Å².